The summed E-state index contributed by atoms with van der Waals surface area (Å²) in [5.74, 6) is 0.517. The summed E-state index contributed by atoms with van der Waals surface area (Å²) in [7, 11) is 0. The van der Waals surface area contributed by atoms with Crippen molar-refractivity contribution in [3.63, 3.8) is 0 Å². The first-order valence-corrected chi connectivity index (χ1v) is 7.51. The Morgan fingerprint density at radius 1 is 1.39 bits per heavy atom. The Balaban J connectivity index is 1.97. The SMILES string of the molecule is O=c1nc(OCC(F)F)c2c(CCCC3CC3)cc(=O)oc2[nH]1. The number of aromatic amines is 1. The van der Waals surface area contributed by atoms with Crippen molar-refractivity contribution in [2.75, 3.05) is 6.61 Å². The quantitative estimate of drug-likeness (QED) is 0.843. The van der Waals surface area contributed by atoms with Crippen LogP contribution in [0.5, 0.6) is 5.88 Å². The number of fused-ring (bicyclic) bond motifs is 1. The van der Waals surface area contributed by atoms with Crippen LogP contribution in [0, 0.1) is 5.92 Å². The van der Waals surface area contributed by atoms with Gasteiger partial charge >= 0.3 is 11.3 Å². The molecule has 1 fully saturated rings. The van der Waals surface area contributed by atoms with Crippen molar-refractivity contribution in [2.24, 2.45) is 5.92 Å². The number of hydrogen-bond acceptors (Lipinski definition) is 5. The van der Waals surface area contributed by atoms with E-state index in [1.807, 2.05) is 0 Å². The van der Waals surface area contributed by atoms with Crippen LogP contribution in [0.25, 0.3) is 11.1 Å². The van der Waals surface area contributed by atoms with Gasteiger partial charge in [0.05, 0.1) is 0 Å². The molecule has 2 heterocycles. The largest absolute Gasteiger partial charge is 0.471 e. The van der Waals surface area contributed by atoms with Crippen LogP contribution in [0.1, 0.15) is 31.2 Å². The van der Waals surface area contributed by atoms with Gasteiger partial charge in [-0.25, -0.2) is 18.4 Å². The maximum atomic E-state index is 12.4. The molecule has 0 aromatic carbocycles. The first-order valence-electron chi connectivity index (χ1n) is 7.51. The summed E-state index contributed by atoms with van der Waals surface area (Å²) < 4.78 is 34.6. The molecular weight excluding hydrogens is 310 g/mol. The fourth-order valence-electron chi connectivity index (χ4n) is 2.57. The molecule has 2 aromatic heterocycles. The zero-order valence-corrected chi connectivity index (χ0v) is 12.3. The Kier molecular flexibility index (Phi) is 4.40. The molecular formula is C15H16F2N2O4. The Hall–Kier alpha value is -2.25. The Labute approximate surface area is 129 Å². The van der Waals surface area contributed by atoms with Crippen LogP contribution in [-0.4, -0.2) is 23.0 Å². The molecule has 1 aliphatic carbocycles. The van der Waals surface area contributed by atoms with Gasteiger partial charge in [-0.2, -0.15) is 4.98 Å². The maximum absolute atomic E-state index is 12.4. The van der Waals surface area contributed by atoms with E-state index in [4.69, 9.17) is 9.15 Å². The summed E-state index contributed by atoms with van der Waals surface area (Å²) in [6, 6.07) is 1.30. The maximum Gasteiger partial charge on any atom is 0.351 e. The van der Waals surface area contributed by atoms with Gasteiger partial charge in [0.1, 0.15) is 5.39 Å². The predicted molar refractivity (Wildman–Crippen MR) is 78.1 cm³/mol. The van der Waals surface area contributed by atoms with Crippen LogP contribution >= 0.6 is 0 Å². The summed E-state index contributed by atoms with van der Waals surface area (Å²) in [5, 5.41) is 0.278. The van der Waals surface area contributed by atoms with Gasteiger partial charge in [-0.05, 0) is 24.3 Å². The normalized spacial score (nSPS) is 14.6. The van der Waals surface area contributed by atoms with E-state index in [1.165, 1.54) is 18.9 Å². The molecule has 3 rings (SSSR count). The van der Waals surface area contributed by atoms with E-state index in [1.54, 1.807) is 0 Å². The number of halogens is 2. The van der Waals surface area contributed by atoms with Gasteiger partial charge in [0, 0.05) is 6.07 Å². The second kappa shape index (κ2) is 6.47. The zero-order valence-electron chi connectivity index (χ0n) is 12.3. The van der Waals surface area contributed by atoms with E-state index in [0.717, 1.165) is 18.8 Å². The first-order chi connectivity index (χ1) is 11.0. The van der Waals surface area contributed by atoms with Crippen LogP contribution in [0.15, 0.2) is 20.1 Å². The van der Waals surface area contributed by atoms with Crippen molar-refractivity contribution >= 4 is 11.1 Å². The number of nitrogens with zero attached hydrogens (tertiary/aromatic N) is 1. The lowest BCUT2D eigenvalue weighted by Crippen LogP contribution is -2.17. The molecule has 0 unspecified atom stereocenters. The van der Waals surface area contributed by atoms with E-state index >= 15 is 0 Å². The average molecular weight is 326 g/mol. The fraction of sp³-hybridized carbons (Fsp3) is 0.533. The van der Waals surface area contributed by atoms with Gasteiger partial charge in [0.15, 0.2) is 6.61 Å². The predicted octanol–water partition coefficient (Wildman–Crippen LogP) is 2.25. The van der Waals surface area contributed by atoms with Crippen LogP contribution in [0.2, 0.25) is 0 Å². The minimum atomic E-state index is -2.69. The fourth-order valence-corrected chi connectivity index (χ4v) is 2.57. The van der Waals surface area contributed by atoms with Crippen molar-refractivity contribution in [3.05, 3.63) is 32.5 Å². The van der Waals surface area contributed by atoms with Crippen LogP contribution in [0.3, 0.4) is 0 Å². The van der Waals surface area contributed by atoms with Crippen molar-refractivity contribution in [3.8, 4) is 5.88 Å². The summed E-state index contributed by atoms with van der Waals surface area (Å²) >= 11 is 0. The molecule has 0 atom stereocenters. The Bertz CT molecular complexity index is 806. The summed E-state index contributed by atoms with van der Waals surface area (Å²) in [4.78, 5) is 29.0. The Morgan fingerprint density at radius 2 is 2.17 bits per heavy atom. The molecule has 6 nitrogen and oxygen atoms in total. The molecule has 0 amide bonds. The third-order valence-electron chi connectivity index (χ3n) is 3.78. The highest BCUT2D eigenvalue weighted by Gasteiger charge is 2.21. The van der Waals surface area contributed by atoms with Crippen LogP contribution in [-0.2, 0) is 6.42 Å². The molecule has 2 aromatic rings. The minimum Gasteiger partial charge on any atom is -0.471 e. The number of aromatic nitrogens is 2. The lowest BCUT2D eigenvalue weighted by Gasteiger charge is -2.10. The molecule has 0 aliphatic heterocycles. The van der Waals surface area contributed by atoms with Crippen molar-refractivity contribution in [1.29, 1.82) is 0 Å². The van der Waals surface area contributed by atoms with E-state index in [2.05, 4.69) is 9.97 Å². The van der Waals surface area contributed by atoms with E-state index in [9.17, 15) is 18.4 Å². The minimum absolute atomic E-state index is 0.0943. The molecule has 1 aliphatic rings. The lowest BCUT2D eigenvalue weighted by molar-refractivity contribution is 0.0802. The summed E-state index contributed by atoms with van der Waals surface area (Å²) in [6.45, 7) is -0.883. The number of H-pyrrole nitrogens is 1. The van der Waals surface area contributed by atoms with E-state index < -0.39 is 24.3 Å². The van der Waals surface area contributed by atoms with E-state index in [-0.39, 0.29) is 17.0 Å². The van der Waals surface area contributed by atoms with Crippen LogP contribution in [0.4, 0.5) is 8.78 Å². The van der Waals surface area contributed by atoms with Gasteiger partial charge in [0.2, 0.25) is 11.6 Å². The van der Waals surface area contributed by atoms with Crippen molar-refractivity contribution in [2.45, 2.75) is 38.5 Å². The van der Waals surface area contributed by atoms with Gasteiger partial charge in [-0.15, -0.1) is 0 Å². The monoisotopic (exact) mass is 326 g/mol. The molecule has 0 radical (unpaired) electrons. The third kappa shape index (κ3) is 3.94. The molecule has 0 saturated heterocycles. The number of hydrogen-bond donors (Lipinski definition) is 1. The second-order valence-corrected chi connectivity index (χ2v) is 5.68. The number of rotatable bonds is 7. The molecule has 0 spiro atoms. The average Bonchev–Trinajstić information content (AvgIpc) is 3.27. The van der Waals surface area contributed by atoms with Gasteiger partial charge < -0.3 is 9.15 Å². The zero-order chi connectivity index (χ0) is 16.4. The summed E-state index contributed by atoms with van der Waals surface area (Å²) in [5.41, 5.74) is -0.936. The lowest BCUT2D eigenvalue weighted by atomic mass is 10.0. The Morgan fingerprint density at radius 3 is 2.87 bits per heavy atom. The second-order valence-electron chi connectivity index (χ2n) is 5.68. The first kappa shape index (κ1) is 15.6. The molecule has 124 valence electrons. The standard InChI is InChI=1S/C15H16F2N2O4/c16-10(17)7-22-13-12-9(3-1-2-8-4-5-8)6-11(20)23-14(12)19-15(21)18-13/h6,8,10H,1-5,7H2,(H,18,19,21). The smallest absolute Gasteiger partial charge is 0.351 e. The number of ether oxygens (including phenoxy) is 1. The van der Waals surface area contributed by atoms with E-state index in [0.29, 0.717) is 12.0 Å². The molecule has 23 heavy (non-hydrogen) atoms. The van der Waals surface area contributed by atoms with Gasteiger partial charge in [0.25, 0.3) is 6.43 Å². The summed E-state index contributed by atoms with van der Waals surface area (Å²) in [6.07, 6.45) is 2.24. The molecule has 1 N–H and O–H groups in total. The highest BCUT2D eigenvalue weighted by atomic mass is 19.3. The van der Waals surface area contributed by atoms with Crippen molar-refractivity contribution < 1.29 is 17.9 Å². The number of alkyl halides is 2. The molecule has 1 saturated carbocycles. The number of nitrogens with one attached hydrogen (secondary N) is 1. The number of aryl methyl sites for hydroxylation is 1. The van der Waals surface area contributed by atoms with Crippen LogP contribution < -0.4 is 16.1 Å². The van der Waals surface area contributed by atoms with Gasteiger partial charge in [-0.1, -0.05) is 19.3 Å². The highest BCUT2D eigenvalue weighted by molar-refractivity contribution is 5.82. The third-order valence-corrected chi connectivity index (χ3v) is 3.78. The molecule has 8 heteroatoms. The topological polar surface area (TPSA) is 85.2 Å². The van der Waals surface area contributed by atoms with Gasteiger partial charge in [-0.3, -0.25) is 4.98 Å². The molecule has 0 bridgehead atoms. The highest BCUT2D eigenvalue weighted by Crippen LogP contribution is 2.34. The van der Waals surface area contributed by atoms with Crippen molar-refractivity contribution in [1.82, 2.24) is 9.97 Å².